The minimum Gasteiger partial charge on any atom is -0.480 e. The molecule has 122 valence electrons. The number of carboxylic acids is 1. The van der Waals surface area contributed by atoms with Crippen LogP contribution in [0.1, 0.15) is 19.4 Å². The number of alkyl carbamates (subject to hydrolysis) is 1. The fraction of sp³-hybridized carbons (Fsp3) is 0.429. The van der Waals surface area contributed by atoms with E-state index in [0.717, 1.165) is 5.56 Å². The first-order valence-corrected chi connectivity index (χ1v) is 7.49. The number of amides is 1. The minimum absolute atomic E-state index is 0.111. The zero-order chi connectivity index (χ0) is 17.0. The van der Waals surface area contributed by atoms with E-state index in [1.165, 1.54) is 13.8 Å². The molecule has 0 heterocycles. The van der Waals surface area contributed by atoms with Crippen molar-refractivity contribution in [1.82, 2.24) is 5.32 Å². The van der Waals surface area contributed by atoms with Gasteiger partial charge in [0.05, 0.1) is 0 Å². The van der Waals surface area contributed by atoms with Crippen molar-refractivity contribution < 1.29 is 19.4 Å². The lowest BCUT2D eigenvalue weighted by molar-refractivity contribution is -0.139. The van der Waals surface area contributed by atoms with Gasteiger partial charge in [0.25, 0.3) is 0 Å². The van der Waals surface area contributed by atoms with Crippen LogP contribution in [0.3, 0.4) is 0 Å². The van der Waals surface area contributed by atoms with E-state index in [1.54, 1.807) is 24.3 Å². The Hall–Kier alpha value is -1.17. The Labute approximate surface area is 143 Å². The van der Waals surface area contributed by atoms with Crippen LogP contribution < -0.4 is 5.32 Å². The largest absolute Gasteiger partial charge is 0.480 e. The lowest BCUT2D eigenvalue weighted by Gasteiger charge is -2.32. The highest BCUT2D eigenvalue weighted by Gasteiger charge is 2.44. The smallest absolute Gasteiger partial charge is 0.408 e. The van der Waals surface area contributed by atoms with Gasteiger partial charge in [-0.3, -0.25) is 0 Å². The van der Waals surface area contributed by atoms with Gasteiger partial charge in [0.2, 0.25) is 3.79 Å². The van der Waals surface area contributed by atoms with Crippen LogP contribution in [0.2, 0.25) is 0 Å². The fourth-order valence-corrected chi connectivity index (χ4v) is 1.63. The van der Waals surface area contributed by atoms with Crippen LogP contribution in [0.25, 0.3) is 0 Å². The number of alkyl halides is 3. The van der Waals surface area contributed by atoms with Crippen molar-refractivity contribution in [3.05, 3.63) is 35.9 Å². The molecule has 0 aromatic heterocycles. The van der Waals surface area contributed by atoms with Crippen LogP contribution >= 0.6 is 34.8 Å². The van der Waals surface area contributed by atoms with Crippen molar-refractivity contribution in [1.29, 1.82) is 0 Å². The molecule has 5 nitrogen and oxygen atoms in total. The molecule has 1 amide bonds. The van der Waals surface area contributed by atoms with Gasteiger partial charge in [-0.15, -0.1) is 0 Å². The lowest BCUT2D eigenvalue weighted by atomic mass is 10.1. The van der Waals surface area contributed by atoms with E-state index in [9.17, 15) is 14.7 Å². The molecule has 0 fully saturated rings. The Morgan fingerprint density at radius 3 is 2.23 bits per heavy atom. The number of carbonyl (C=O) groups is 2. The zero-order valence-electron chi connectivity index (χ0n) is 12.0. The zero-order valence-corrected chi connectivity index (χ0v) is 14.2. The number of benzene rings is 1. The summed E-state index contributed by atoms with van der Waals surface area (Å²) in [7, 11) is 0. The highest BCUT2D eigenvalue weighted by molar-refractivity contribution is 6.68. The molecule has 0 saturated heterocycles. The molecule has 1 atom stereocenters. The van der Waals surface area contributed by atoms with Crippen LogP contribution in [-0.4, -0.2) is 32.6 Å². The summed E-state index contributed by atoms with van der Waals surface area (Å²) < 4.78 is 3.17. The predicted molar refractivity (Wildman–Crippen MR) is 85.6 cm³/mol. The Morgan fingerprint density at radius 1 is 1.23 bits per heavy atom. The molecule has 1 rings (SSSR count). The highest BCUT2D eigenvalue weighted by Crippen LogP contribution is 2.40. The third-order valence-corrected chi connectivity index (χ3v) is 4.27. The summed E-state index contributed by atoms with van der Waals surface area (Å²) in [5, 5.41) is 11.4. The number of carboxylic acid groups (broad SMARTS) is 1. The molecule has 0 spiro atoms. The molecule has 1 aromatic rings. The minimum atomic E-state index is -1.84. The van der Waals surface area contributed by atoms with Gasteiger partial charge >= 0.3 is 12.1 Å². The Morgan fingerprint density at radius 2 is 1.77 bits per heavy atom. The predicted octanol–water partition coefficient (Wildman–Crippen LogP) is 3.56. The first-order chi connectivity index (χ1) is 10.0. The third-order valence-electron chi connectivity index (χ3n) is 2.90. The number of carbonyl (C=O) groups excluding carboxylic acids is 1. The standard InChI is InChI=1S/C14H16Cl3NO4/c1-13(2,14(15,16)17)22-12(21)18-10(11(19)20)8-9-6-4-3-5-7-9/h3-7,10H,8H2,1-2H3,(H,18,21)(H,19,20)/t10-/m0/s1. The number of hydrogen-bond donors (Lipinski definition) is 2. The Balaban J connectivity index is 2.72. The monoisotopic (exact) mass is 367 g/mol. The maximum Gasteiger partial charge on any atom is 0.408 e. The summed E-state index contributed by atoms with van der Waals surface area (Å²) in [6.45, 7) is 2.82. The van der Waals surface area contributed by atoms with Crippen molar-refractivity contribution in [3.8, 4) is 0 Å². The van der Waals surface area contributed by atoms with Gasteiger partial charge in [0, 0.05) is 6.42 Å². The highest BCUT2D eigenvalue weighted by atomic mass is 35.6. The van der Waals surface area contributed by atoms with Crippen LogP contribution in [0, 0.1) is 0 Å². The van der Waals surface area contributed by atoms with E-state index in [2.05, 4.69) is 5.32 Å². The number of halogens is 3. The number of nitrogens with one attached hydrogen (secondary N) is 1. The molecule has 0 radical (unpaired) electrons. The van der Waals surface area contributed by atoms with Gasteiger partial charge in [-0.1, -0.05) is 65.1 Å². The van der Waals surface area contributed by atoms with Gasteiger partial charge < -0.3 is 15.2 Å². The molecule has 0 unspecified atom stereocenters. The molecule has 2 N–H and O–H groups in total. The summed E-state index contributed by atoms with van der Waals surface area (Å²) in [4.78, 5) is 23.1. The third kappa shape index (κ3) is 5.55. The van der Waals surface area contributed by atoms with Gasteiger partial charge in [-0.2, -0.15) is 0 Å². The van der Waals surface area contributed by atoms with Crippen LogP contribution in [0.5, 0.6) is 0 Å². The van der Waals surface area contributed by atoms with Gasteiger partial charge in [-0.25, -0.2) is 9.59 Å². The van der Waals surface area contributed by atoms with E-state index in [0.29, 0.717) is 0 Å². The average Bonchev–Trinajstić information content (AvgIpc) is 2.37. The van der Waals surface area contributed by atoms with Crippen molar-refractivity contribution in [2.45, 2.75) is 35.7 Å². The summed E-state index contributed by atoms with van der Waals surface area (Å²) >= 11 is 17.1. The van der Waals surface area contributed by atoms with Crippen LogP contribution in [0.15, 0.2) is 30.3 Å². The Bertz CT molecular complexity index is 529. The summed E-state index contributed by atoms with van der Waals surface area (Å²) in [6.07, 6.45) is -0.862. The molecule has 1 aromatic carbocycles. The topological polar surface area (TPSA) is 75.6 Å². The van der Waals surface area contributed by atoms with Gasteiger partial charge in [-0.05, 0) is 19.4 Å². The SMILES string of the molecule is CC(C)(OC(=O)N[C@@H](Cc1ccccc1)C(=O)O)C(Cl)(Cl)Cl. The summed E-state index contributed by atoms with van der Waals surface area (Å²) in [5.41, 5.74) is -0.659. The molecule has 8 heteroatoms. The van der Waals surface area contributed by atoms with Gasteiger partial charge in [0.1, 0.15) is 6.04 Å². The second-order valence-electron chi connectivity index (χ2n) is 5.12. The number of ether oxygens (including phenoxy) is 1. The molecule has 0 aliphatic carbocycles. The Kier molecular flexibility index (Phi) is 6.35. The van der Waals surface area contributed by atoms with Crippen molar-refractivity contribution in [2.24, 2.45) is 0 Å². The first-order valence-electron chi connectivity index (χ1n) is 6.36. The molecule has 0 aliphatic rings. The first kappa shape index (κ1) is 18.9. The summed E-state index contributed by atoms with van der Waals surface area (Å²) in [5.74, 6) is -1.19. The molecule has 0 saturated carbocycles. The van der Waals surface area contributed by atoms with Crippen LogP contribution in [-0.2, 0) is 16.0 Å². The van der Waals surface area contributed by atoms with Crippen molar-refractivity contribution in [2.75, 3.05) is 0 Å². The molecule has 0 aliphatic heterocycles. The van der Waals surface area contributed by atoms with E-state index in [-0.39, 0.29) is 6.42 Å². The quantitative estimate of drug-likeness (QED) is 0.779. The number of rotatable bonds is 5. The summed E-state index contributed by atoms with van der Waals surface area (Å²) in [6, 6.07) is 7.73. The van der Waals surface area contributed by atoms with Crippen LogP contribution in [0.4, 0.5) is 4.79 Å². The van der Waals surface area contributed by atoms with E-state index in [1.807, 2.05) is 6.07 Å². The molecule has 22 heavy (non-hydrogen) atoms. The second-order valence-corrected chi connectivity index (χ2v) is 7.40. The molecule has 0 bridgehead atoms. The van der Waals surface area contributed by atoms with Gasteiger partial charge in [0.15, 0.2) is 5.60 Å². The number of hydrogen-bond acceptors (Lipinski definition) is 3. The average molecular weight is 369 g/mol. The molecular formula is C14H16Cl3NO4. The molecular weight excluding hydrogens is 353 g/mol. The van der Waals surface area contributed by atoms with E-state index in [4.69, 9.17) is 39.5 Å². The van der Waals surface area contributed by atoms with Crippen molar-refractivity contribution >= 4 is 46.9 Å². The maximum atomic E-state index is 11.8. The van der Waals surface area contributed by atoms with E-state index >= 15 is 0 Å². The number of aliphatic carboxylic acids is 1. The second kappa shape index (κ2) is 7.40. The lowest BCUT2D eigenvalue weighted by Crippen LogP contribution is -2.48. The fourth-order valence-electron chi connectivity index (χ4n) is 1.51. The van der Waals surface area contributed by atoms with E-state index < -0.39 is 27.5 Å². The maximum absolute atomic E-state index is 11.8. The normalized spacial score (nSPS) is 13.3. The van der Waals surface area contributed by atoms with Crippen molar-refractivity contribution in [3.63, 3.8) is 0 Å².